The van der Waals surface area contributed by atoms with E-state index in [1.54, 1.807) is 18.2 Å². The fourth-order valence-electron chi connectivity index (χ4n) is 3.36. The van der Waals surface area contributed by atoms with E-state index < -0.39 is 27.4 Å². The number of sulfone groups is 1. The molecule has 0 unspecified atom stereocenters. The van der Waals surface area contributed by atoms with Gasteiger partial charge in [-0.25, -0.2) is 8.42 Å². The van der Waals surface area contributed by atoms with Crippen molar-refractivity contribution in [3.05, 3.63) is 46.3 Å². The van der Waals surface area contributed by atoms with Crippen molar-refractivity contribution in [1.29, 1.82) is 0 Å². The Morgan fingerprint density at radius 3 is 2.61 bits per heavy atom. The predicted molar refractivity (Wildman–Crippen MR) is 109 cm³/mol. The summed E-state index contributed by atoms with van der Waals surface area (Å²) in [6.07, 6.45) is 1.71. The molecule has 28 heavy (non-hydrogen) atoms. The van der Waals surface area contributed by atoms with Gasteiger partial charge in [-0.05, 0) is 37.1 Å². The standard InChI is InChI=1S/C19H23N3O4S2/c1-2-9-22-10-8-14-15(11-22)27-19(17(14)18(20)24)21-16(23)12-28(25,26)13-6-4-3-5-7-13/h3-7H,2,8-12H2,1H3,(H2,20,24)(H,21,23). The van der Waals surface area contributed by atoms with Crippen LogP contribution in [0, 0.1) is 0 Å². The number of carbonyl (C=O) groups excluding carboxylic acids is 2. The smallest absolute Gasteiger partial charge is 0.251 e. The molecule has 0 spiro atoms. The molecule has 1 aliphatic rings. The van der Waals surface area contributed by atoms with Crippen molar-refractivity contribution in [2.24, 2.45) is 5.73 Å². The number of nitrogens with zero attached hydrogens (tertiary/aromatic N) is 1. The zero-order chi connectivity index (χ0) is 20.3. The molecular formula is C19H23N3O4S2. The highest BCUT2D eigenvalue weighted by Crippen LogP contribution is 2.37. The summed E-state index contributed by atoms with van der Waals surface area (Å²) < 4.78 is 24.8. The van der Waals surface area contributed by atoms with E-state index in [-0.39, 0.29) is 4.90 Å². The average Bonchev–Trinajstić information content (AvgIpc) is 2.99. The maximum Gasteiger partial charge on any atom is 0.251 e. The van der Waals surface area contributed by atoms with E-state index in [1.165, 1.54) is 23.5 Å². The third-order valence-electron chi connectivity index (χ3n) is 4.60. The molecule has 1 aliphatic heterocycles. The van der Waals surface area contributed by atoms with Gasteiger partial charge in [-0.1, -0.05) is 25.1 Å². The van der Waals surface area contributed by atoms with Crippen molar-refractivity contribution in [1.82, 2.24) is 4.90 Å². The topological polar surface area (TPSA) is 110 Å². The Kier molecular flexibility index (Phi) is 6.17. The molecule has 0 radical (unpaired) electrons. The molecule has 9 heteroatoms. The van der Waals surface area contributed by atoms with Crippen molar-refractivity contribution in [2.75, 3.05) is 24.2 Å². The first kappa shape index (κ1) is 20.5. The Balaban J connectivity index is 1.80. The van der Waals surface area contributed by atoms with E-state index in [9.17, 15) is 18.0 Å². The molecule has 0 fully saturated rings. The van der Waals surface area contributed by atoms with Crippen LogP contribution in [0.25, 0.3) is 0 Å². The minimum Gasteiger partial charge on any atom is -0.365 e. The van der Waals surface area contributed by atoms with Gasteiger partial charge in [0.2, 0.25) is 5.91 Å². The number of benzene rings is 1. The lowest BCUT2D eigenvalue weighted by molar-refractivity contribution is -0.113. The van der Waals surface area contributed by atoms with E-state index in [2.05, 4.69) is 17.1 Å². The summed E-state index contributed by atoms with van der Waals surface area (Å²) in [5.74, 6) is -1.99. The van der Waals surface area contributed by atoms with Gasteiger partial charge in [-0.2, -0.15) is 0 Å². The fraction of sp³-hybridized carbons (Fsp3) is 0.368. The van der Waals surface area contributed by atoms with Crippen molar-refractivity contribution in [3.63, 3.8) is 0 Å². The Labute approximate surface area is 168 Å². The Bertz CT molecular complexity index is 984. The van der Waals surface area contributed by atoms with Crippen LogP contribution < -0.4 is 11.1 Å². The highest BCUT2D eigenvalue weighted by atomic mass is 32.2. The largest absolute Gasteiger partial charge is 0.365 e. The maximum atomic E-state index is 12.4. The normalized spacial score (nSPS) is 14.5. The van der Waals surface area contributed by atoms with Crippen LogP contribution in [0.15, 0.2) is 35.2 Å². The third-order valence-corrected chi connectivity index (χ3v) is 7.36. The highest BCUT2D eigenvalue weighted by Gasteiger charge is 2.28. The lowest BCUT2D eigenvalue weighted by atomic mass is 10.0. The van der Waals surface area contributed by atoms with Crippen LogP contribution in [0.1, 0.15) is 34.1 Å². The van der Waals surface area contributed by atoms with Crippen LogP contribution in [-0.4, -0.2) is 44.0 Å². The number of rotatable bonds is 7. The van der Waals surface area contributed by atoms with Crippen LogP contribution >= 0.6 is 11.3 Å². The molecule has 3 N–H and O–H groups in total. The molecule has 0 bridgehead atoms. The van der Waals surface area contributed by atoms with E-state index >= 15 is 0 Å². The summed E-state index contributed by atoms with van der Waals surface area (Å²) in [6, 6.07) is 7.81. The second-order valence-electron chi connectivity index (χ2n) is 6.72. The van der Waals surface area contributed by atoms with Gasteiger partial charge in [0.1, 0.15) is 10.8 Å². The van der Waals surface area contributed by atoms with Gasteiger partial charge < -0.3 is 11.1 Å². The molecule has 0 saturated heterocycles. The summed E-state index contributed by atoms with van der Waals surface area (Å²) in [6.45, 7) is 4.60. The van der Waals surface area contributed by atoms with E-state index in [0.29, 0.717) is 23.5 Å². The number of primary amides is 1. The number of thiophene rings is 1. The van der Waals surface area contributed by atoms with Gasteiger partial charge in [-0.3, -0.25) is 14.5 Å². The molecule has 0 aliphatic carbocycles. The summed E-state index contributed by atoms with van der Waals surface area (Å²) in [5, 5.41) is 2.94. The van der Waals surface area contributed by atoms with Crippen molar-refractivity contribution in [3.8, 4) is 0 Å². The number of hydrogen-bond acceptors (Lipinski definition) is 6. The summed E-state index contributed by atoms with van der Waals surface area (Å²) in [4.78, 5) is 27.8. The molecule has 0 atom stereocenters. The first-order valence-corrected chi connectivity index (χ1v) is 11.5. The predicted octanol–water partition coefficient (Wildman–Crippen LogP) is 2.03. The number of fused-ring (bicyclic) bond motifs is 1. The molecule has 150 valence electrons. The lowest BCUT2D eigenvalue weighted by Gasteiger charge is -2.26. The summed E-state index contributed by atoms with van der Waals surface area (Å²) in [7, 11) is -3.76. The zero-order valence-electron chi connectivity index (χ0n) is 15.6. The van der Waals surface area contributed by atoms with E-state index in [1.807, 2.05) is 0 Å². The number of nitrogens with two attached hydrogens (primary N) is 1. The second-order valence-corrected chi connectivity index (χ2v) is 9.81. The van der Waals surface area contributed by atoms with Gasteiger partial charge in [-0.15, -0.1) is 11.3 Å². The van der Waals surface area contributed by atoms with Gasteiger partial charge in [0.15, 0.2) is 9.84 Å². The van der Waals surface area contributed by atoms with Gasteiger partial charge in [0.25, 0.3) is 5.91 Å². The van der Waals surface area contributed by atoms with Crippen LogP contribution in [0.2, 0.25) is 0 Å². The second kappa shape index (κ2) is 8.42. The summed E-state index contributed by atoms with van der Waals surface area (Å²) in [5.41, 5.74) is 6.73. The number of amides is 2. The molecule has 0 saturated carbocycles. The van der Waals surface area contributed by atoms with Crippen LogP contribution in [-0.2, 0) is 27.6 Å². The summed E-state index contributed by atoms with van der Waals surface area (Å²) >= 11 is 1.30. The molecule has 2 heterocycles. The van der Waals surface area contributed by atoms with Crippen LogP contribution in [0.3, 0.4) is 0 Å². The fourth-order valence-corrected chi connectivity index (χ4v) is 5.83. The highest BCUT2D eigenvalue weighted by molar-refractivity contribution is 7.92. The lowest BCUT2D eigenvalue weighted by Crippen LogP contribution is -2.31. The Hall–Kier alpha value is -2.23. The van der Waals surface area contributed by atoms with E-state index in [4.69, 9.17) is 5.73 Å². The molecular weight excluding hydrogens is 398 g/mol. The molecule has 1 aromatic heterocycles. The first-order chi connectivity index (χ1) is 13.3. The van der Waals surface area contributed by atoms with Crippen LogP contribution in [0.4, 0.5) is 5.00 Å². The minimum absolute atomic E-state index is 0.0842. The Morgan fingerprint density at radius 2 is 1.96 bits per heavy atom. The number of hydrogen-bond donors (Lipinski definition) is 2. The molecule has 2 aromatic rings. The number of nitrogens with one attached hydrogen (secondary N) is 1. The van der Waals surface area contributed by atoms with Crippen molar-refractivity contribution >= 4 is 38.0 Å². The van der Waals surface area contributed by atoms with Gasteiger partial charge >= 0.3 is 0 Å². The maximum absolute atomic E-state index is 12.4. The van der Waals surface area contributed by atoms with Gasteiger partial charge in [0, 0.05) is 18.0 Å². The zero-order valence-corrected chi connectivity index (χ0v) is 17.2. The van der Waals surface area contributed by atoms with Gasteiger partial charge in [0.05, 0.1) is 10.5 Å². The Morgan fingerprint density at radius 1 is 1.25 bits per heavy atom. The van der Waals surface area contributed by atoms with Crippen molar-refractivity contribution < 1.29 is 18.0 Å². The van der Waals surface area contributed by atoms with E-state index in [0.717, 1.165) is 30.0 Å². The molecule has 1 aromatic carbocycles. The minimum atomic E-state index is -3.76. The molecule has 3 rings (SSSR count). The monoisotopic (exact) mass is 421 g/mol. The SMILES string of the molecule is CCCN1CCc2c(sc(NC(=O)CS(=O)(=O)c3ccccc3)c2C(N)=O)C1. The number of anilines is 1. The molecule has 7 nitrogen and oxygen atoms in total. The third kappa shape index (κ3) is 4.43. The van der Waals surface area contributed by atoms with Crippen LogP contribution in [0.5, 0.6) is 0 Å². The molecule has 2 amide bonds. The first-order valence-electron chi connectivity index (χ1n) is 9.06. The van der Waals surface area contributed by atoms with Crippen molar-refractivity contribution in [2.45, 2.75) is 31.2 Å². The number of carbonyl (C=O) groups is 2. The quantitative estimate of drug-likeness (QED) is 0.711. The average molecular weight is 422 g/mol.